The second kappa shape index (κ2) is 5.31. The molecular formula is C14H19N3O3S. The molecule has 1 amide bonds. The number of nitrogens with two attached hydrogens (primary N) is 1. The summed E-state index contributed by atoms with van der Waals surface area (Å²) in [4.78, 5) is 12.3. The molecule has 3 rings (SSSR count). The first kappa shape index (κ1) is 14.3. The third kappa shape index (κ3) is 3.36. The molecule has 0 aliphatic heterocycles. The number of rotatable bonds is 4. The van der Waals surface area contributed by atoms with E-state index in [0.717, 1.165) is 12.8 Å². The molecule has 1 aromatic carbocycles. The topological polar surface area (TPSA) is 101 Å². The van der Waals surface area contributed by atoms with E-state index in [9.17, 15) is 13.2 Å². The number of hydrogen-bond acceptors (Lipinski definition) is 3. The summed E-state index contributed by atoms with van der Waals surface area (Å²) in [7, 11) is -3.81. The number of fused-ring (bicyclic) bond motifs is 2. The summed E-state index contributed by atoms with van der Waals surface area (Å²) in [6.07, 6.45) is 4.55. The number of anilines is 2. The van der Waals surface area contributed by atoms with E-state index in [4.69, 9.17) is 5.14 Å². The first-order valence-corrected chi connectivity index (χ1v) is 8.67. The predicted molar refractivity (Wildman–Crippen MR) is 80.7 cm³/mol. The van der Waals surface area contributed by atoms with Gasteiger partial charge < -0.3 is 5.32 Å². The second-order valence-corrected chi connectivity index (χ2v) is 7.29. The highest BCUT2D eigenvalue weighted by Gasteiger charge is 2.42. The van der Waals surface area contributed by atoms with Crippen LogP contribution in [0.5, 0.6) is 0 Å². The lowest BCUT2D eigenvalue weighted by Crippen LogP contribution is -2.27. The van der Waals surface area contributed by atoms with E-state index < -0.39 is 10.2 Å². The highest BCUT2D eigenvalue weighted by molar-refractivity contribution is 7.90. The Kier molecular flexibility index (Phi) is 3.62. The minimum Gasteiger partial charge on any atom is -0.326 e. The van der Waals surface area contributed by atoms with Gasteiger partial charge in [-0.25, -0.2) is 5.14 Å². The van der Waals surface area contributed by atoms with Crippen LogP contribution in [-0.4, -0.2) is 14.3 Å². The maximum absolute atomic E-state index is 12.3. The normalized spacial score (nSPS) is 27.6. The number of nitrogens with one attached hydrogen (secondary N) is 2. The van der Waals surface area contributed by atoms with Crippen LogP contribution in [0.4, 0.5) is 11.4 Å². The van der Waals surface area contributed by atoms with E-state index in [1.165, 1.54) is 12.8 Å². The maximum Gasteiger partial charge on any atom is 0.296 e. The molecule has 2 saturated carbocycles. The monoisotopic (exact) mass is 309 g/mol. The SMILES string of the molecule is NS(=O)(=O)Nc1cccc(NC(=O)C2CC3CCC2C3)c1. The van der Waals surface area contributed by atoms with Crippen molar-refractivity contribution in [2.75, 3.05) is 10.0 Å². The molecule has 2 bridgehead atoms. The highest BCUT2D eigenvalue weighted by atomic mass is 32.2. The van der Waals surface area contributed by atoms with Crippen molar-refractivity contribution in [2.24, 2.45) is 22.9 Å². The van der Waals surface area contributed by atoms with Crippen molar-refractivity contribution in [3.63, 3.8) is 0 Å². The Morgan fingerprint density at radius 2 is 1.95 bits per heavy atom. The summed E-state index contributed by atoms with van der Waals surface area (Å²) >= 11 is 0. The quantitative estimate of drug-likeness (QED) is 0.788. The first-order valence-electron chi connectivity index (χ1n) is 7.12. The minimum atomic E-state index is -3.81. The van der Waals surface area contributed by atoms with Crippen molar-refractivity contribution in [2.45, 2.75) is 25.7 Å². The van der Waals surface area contributed by atoms with Crippen LogP contribution >= 0.6 is 0 Å². The van der Waals surface area contributed by atoms with Crippen LogP contribution < -0.4 is 15.2 Å². The Labute approximate surface area is 124 Å². The number of benzene rings is 1. The summed E-state index contributed by atoms with van der Waals surface area (Å²) in [6, 6.07) is 6.55. The summed E-state index contributed by atoms with van der Waals surface area (Å²) in [5, 5.41) is 7.81. The molecule has 0 radical (unpaired) electrons. The number of hydrogen-bond donors (Lipinski definition) is 3. The lowest BCUT2D eigenvalue weighted by atomic mass is 9.88. The Morgan fingerprint density at radius 3 is 2.57 bits per heavy atom. The van der Waals surface area contributed by atoms with Crippen LogP contribution in [0, 0.1) is 17.8 Å². The number of carbonyl (C=O) groups excluding carboxylic acids is 1. The van der Waals surface area contributed by atoms with Crippen molar-refractivity contribution in [3.8, 4) is 0 Å². The highest BCUT2D eigenvalue weighted by Crippen LogP contribution is 2.48. The van der Waals surface area contributed by atoms with Gasteiger partial charge in [0.1, 0.15) is 0 Å². The third-order valence-electron chi connectivity index (χ3n) is 4.47. The largest absolute Gasteiger partial charge is 0.326 e. The molecule has 2 aliphatic rings. The van der Waals surface area contributed by atoms with Gasteiger partial charge in [0.05, 0.1) is 5.69 Å². The van der Waals surface area contributed by atoms with E-state index in [2.05, 4.69) is 10.0 Å². The van der Waals surface area contributed by atoms with Gasteiger partial charge in [-0.15, -0.1) is 0 Å². The van der Waals surface area contributed by atoms with Gasteiger partial charge in [-0.1, -0.05) is 12.5 Å². The Morgan fingerprint density at radius 1 is 1.19 bits per heavy atom. The Bertz CT molecular complexity index is 659. The summed E-state index contributed by atoms with van der Waals surface area (Å²) in [6.45, 7) is 0. The molecule has 2 fully saturated rings. The number of carbonyl (C=O) groups is 1. The molecule has 0 spiro atoms. The molecular weight excluding hydrogens is 290 g/mol. The lowest BCUT2D eigenvalue weighted by Gasteiger charge is -2.21. The van der Waals surface area contributed by atoms with Crippen LogP contribution in [0.1, 0.15) is 25.7 Å². The molecule has 2 aliphatic carbocycles. The molecule has 0 saturated heterocycles. The summed E-state index contributed by atoms with van der Waals surface area (Å²) in [5.74, 6) is 1.36. The van der Waals surface area contributed by atoms with Crippen molar-refractivity contribution >= 4 is 27.5 Å². The molecule has 3 atom stereocenters. The molecule has 6 nitrogen and oxygen atoms in total. The van der Waals surface area contributed by atoms with Gasteiger partial charge in [0.15, 0.2) is 0 Å². The molecule has 3 unspecified atom stereocenters. The summed E-state index contributed by atoms with van der Waals surface area (Å²) < 4.78 is 24.2. The van der Waals surface area contributed by atoms with Gasteiger partial charge in [0.2, 0.25) is 5.91 Å². The lowest BCUT2D eigenvalue weighted by molar-refractivity contribution is -0.121. The zero-order valence-corrected chi connectivity index (χ0v) is 12.4. The van der Waals surface area contributed by atoms with Crippen molar-refractivity contribution in [3.05, 3.63) is 24.3 Å². The third-order valence-corrected chi connectivity index (χ3v) is 4.99. The van der Waals surface area contributed by atoms with Crippen LogP contribution in [0.2, 0.25) is 0 Å². The zero-order valence-electron chi connectivity index (χ0n) is 11.6. The molecule has 114 valence electrons. The molecule has 7 heteroatoms. The van der Waals surface area contributed by atoms with E-state index in [-0.39, 0.29) is 11.8 Å². The van der Waals surface area contributed by atoms with Crippen LogP contribution in [0.3, 0.4) is 0 Å². The van der Waals surface area contributed by atoms with Gasteiger partial charge in [-0.05, 0) is 49.3 Å². The predicted octanol–water partition coefficient (Wildman–Crippen LogP) is 1.68. The molecule has 21 heavy (non-hydrogen) atoms. The average Bonchev–Trinajstić information content (AvgIpc) is 2.99. The summed E-state index contributed by atoms with van der Waals surface area (Å²) in [5.41, 5.74) is 0.916. The number of amides is 1. The van der Waals surface area contributed by atoms with Crippen molar-refractivity contribution < 1.29 is 13.2 Å². The van der Waals surface area contributed by atoms with Gasteiger partial charge in [-0.3, -0.25) is 9.52 Å². The maximum atomic E-state index is 12.3. The van der Waals surface area contributed by atoms with E-state index in [0.29, 0.717) is 23.2 Å². The van der Waals surface area contributed by atoms with E-state index in [1.54, 1.807) is 24.3 Å². The Balaban J connectivity index is 1.67. The molecule has 1 aromatic rings. The minimum absolute atomic E-state index is 0.0370. The molecule has 4 N–H and O–H groups in total. The van der Waals surface area contributed by atoms with Crippen molar-refractivity contribution in [1.82, 2.24) is 0 Å². The molecule has 0 heterocycles. The molecule has 0 aromatic heterocycles. The second-order valence-electron chi connectivity index (χ2n) is 6.00. The van der Waals surface area contributed by atoms with Crippen molar-refractivity contribution in [1.29, 1.82) is 0 Å². The van der Waals surface area contributed by atoms with Gasteiger partial charge >= 0.3 is 0 Å². The first-order chi connectivity index (χ1) is 9.90. The van der Waals surface area contributed by atoms with Gasteiger partial charge in [0.25, 0.3) is 10.2 Å². The Hall–Kier alpha value is -1.60. The fraction of sp³-hybridized carbons (Fsp3) is 0.500. The standard InChI is InChI=1S/C14H19N3O3S/c15-21(19,20)17-12-3-1-2-11(8-12)16-14(18)13-7-9-4-5-10(13)6-9/h1-3,8-10,13,17H,4-7H2,(H,16,18)(H2,15,19,20). The van der Waals surface area contributed by atoms with Crippen LogP contribution in [-0.2, 0) is 15.0 Å². The van der Waals surface area contributed by atoms with Crippen LogP contribution in [0.25, 0.3) is 0 Å². The van der Waals surface area contributed by atoms with E-state index >= 15 is 0 Å². The fourth-order valence-electron chi connectivity index (χ4n) is 3.63. The fourth-order valence-corrected chi connectivity index (χ4v) is 4.08. The smallest absolute Gasteiger partial charge is 0.296 e. The van der Waals surface area contributed by atoms with Gasteiger partial charge in [-0.2, -0.15) is 8.42 Å². The zero-order chi connectivity index (χ0) is 15.0. The van der Waals surface area contributed by atoms with Crippen LogP contribution in [0.15, 0.2) is 24.3 Å². The van der Waals surface area contributed by atoms with Gasteiger partial charge in [0, 0.05) is 11.6 Å². The van der Waals surface area contributed by atoms with E-state index in [1.807, 2.05) is 0 Å². The average molecular weight is 309 g/mol.